The molecule has 0 aliphatic carbocycles. The number of benzene rings is 1. The van der Waals surface area contributed by atoms with Gasteiger partial charge in [0, 0.05) is 5.69 Å². The molecule has 0 radical (unpaired) electrons. The molecule has 0 aliphatic heterocycles. The van der Waals surface area contributed by atoms with E-state index < -0.39 is 0 Å². The summed E-state index contributed by atoms with van der Waals surface area (Å²) in [5.74, 6) is 0.448. The first-order valence-corrected chi connectivity index (χ1v) is 4.65. The van der Waals surface area contributed by atoms with Gasteiger partial charge in [-0.15, -0.1) is 12.4 Å². The summed E-state index contributed by atoms with van der Waals surface area (Å²) in [5.41, 5.74) is 6.54. The van der Waals surface area contributed by atoms with Gasteiger partial charge in [0.2, 0.25) is 0 Å². The SMILES string of the molecule is CC(C)(C)N=C(N)Nc1ccccc1.Cl. The van der Waals surface area contributed by atoms with Gasteiger partial charge in [-0.05, 0) is 32.9 Å². The first-order valence-electron chi connectivity index (χ1n) is 4.65. The fourth-order valence-electron chi connectivity index (χ4n) is 1.06. The van der Waals surface area contributed by atoms with Gasteiger partial charge < -0.3 is 11.1 Å². The smallest absolute Gasteiger partial charge is 0.193 e. The summed E-state index contributed by atoms with van der Waals surface area (Å²) in [6, 6.07) is 9.76. The van der Waals surface area contributed by atoms with Crippen molar-refractivity contribution >= 4 is 24.1 Å². The van der Waals surface area contributed by atoms with Crippen molar-refractivity contribution in [3.05, 3.63) is 30.3 Å². The number of rotatable bonds is 1. The van der Waals surface area contributed by atoms with E-state index in [0.717, 1.165) is 5.69 Å². The topological polar surface area (TPSA) is 50.4 Å². The Balaban J connectivity index is 0.00000196. The number of halogens is 1. The Bertz CT molecular complexity index is 314. The molecule has 1 aromatic carbocycles. The molecule has 0 aliphatic rings. The molecule has 84 valence electrons. The summed E-state index contributed by atoms with van der Waals surface area (Å²) in [6.45, 7) is 6.02. The van der Waals surface area contributed by atoms with E-state index in [1.807, 2.05) is 51.1 Å². The lowest BCUT2D eigenvalue weighted by molar-refractivity contribution is 0.583. The largest absolute Gasteiger partial charge is 0.370 e. The zero-order valence-corrected chi connectivity index (χ0v) is 10.1. The average molecular weight is 228 g/mol. The van der Waals surface area contributed by atoms with Gasteiger partial charge >= 0.3 is 0 Å². The number of nitrogens with two attached hydrogens (primary N) is 1. The van der Waals surface area contributed by atoms with Crippen LogP contribution in [0.2, 0.25) is 0 Å². The summed E-state index contributed by atoms with van der Waals surface area (Å²) in [5, 5.41) is 3.03. The van der Waals surface area contributed by atoms with Crippen molar-refractivity contribution in [1.29, 1.82) is 0 Å². The number of aliphatic imine (C=N–C) groups is 1. The van der Waals surface area contributed by atoms with Crippen LogP contribution in [0.25, 0.3) is 0 Å². The third-order valence-electron chi connectivity index (χ3n) is 1.50. The molecule has 0 spiro atoms. The summed E-state index contributed by atoms with van der Waals surface area (Å²) in [7, 11) is 0. The summed E-state index contributed by atoms with van der Waals surface area (Å²) >= 11 is 0. The molecular formula is C11H18ClN3. The Kier molecular flexibility index (Phi) is 5.15. The quantitative estimate of drug-likeness (QED) is 0.573. The van der Waals surface area contributed by atoms with Crippen LogP contribution >= 0.6 is 12.4 Å². The van der Waals surface area contributed by atoms with Gasteiger partial charge in [-0.3, -0.25) is 0 Å². The van der Waals surface area contributed by atoms with Crippen molar-refractivity contribution in [3.63, 3.8) is 0 Å². The van der Waals surface area contributed by atoms with Crippen molar-refractivity contribution in [2.45, 2.75) is 26.3 Å². The van der Waals surface area contributed by atoms with E-state index in [2.05, 4.69) is 10.3 Å². The van der Waals surface area contributed by atoms with Gasteiger partial charge in [-0.1, -0.05) is 18.2 Å². The molecule has 0 bridgehead atoms. The minimum Gasteiger partial charge on any atom is -0.370 e. The second-order valence-corrected chi connectivity index (χ2v) is 4.16. The predicted molar refractivity (Wildman–Crippen MR) is 68.7 cm³/mol. The van der Waals surface area contributed by atoms with Gasteiger partial charge in [0.15, 0.2) is 5.96 Å². The molecule has 0 heterocycles. The zero-order chi connectivity index (χ0) is 10.6. The molecule has 3 nitrogen and oxygen atoms in total. The van der Waals surface area contributed by atoms with Gasteiger partial charge in [0.05, 0.1) is 5.54 Å². The molecule has 4 heteroatoms. The Morgan fingerprint density at radius 1 is 1.20 bits per heavy atom. The maximum absolute atomic E-state index is 5.73. The fourth-order valence-corrected chi connectivity index (χ4v) is 1.06. The number of hydrogen-bond donors (Lipinski definition) is 2. The van der Waals surface area contributed by atoms with Gasteiger partial charge in [0.1, 0.15) is 0 Å². The molecule has 0 amide bonds. The lowest BCUT2D eigenvalue weighted by atomic mass is 10.1. The van der Waals surface area contributed by atoms with E-state index in [1.165, 1.54) is 0 Å². The third kappa shape index (κ3) is 5.96. The van der Waals surface area contributed by atoms with Crippen LogP contribution in [0, 0.1) is 0 Å². The summed E-state index contributed by atoms with van der Waals surface area (Å²) in [6.07, 6.45) is 0. The molecule has 15 heavy (non-hydrogen) atoms. The molecule has 0 unspecified atom stereocenters. The first-order chi connectivity index (χ1) is 6.47. The molecule has 1 rings (SSSR count). The number of hydrogen-bond acceptors (Lipinski definition) is 1. The van der Waals surface area contributed by atoms with Crippen molar-refractivity contribution < 1.29 is 0 Å². The van der Waals surface area contributed by atoms with Gasteiger partial charge in [0.25, 0.3) is 0 Å². The summed E-state index contributed by atoms with van der Waals surface area (Å²) < 4.78 is 0. The van der Waals surface area contributed by atoms with E-state index in [9.17, 15) is 0 Å². The lowest BCUT2D eigenvalue weighted by Crippen LogP contribution is -2.27. The van der Waals surface area contributed by atoms with Crippen LogP contribution in [0.3, 0.4) is 0 Å². The first kappa shape index (κ1) is 13.8. The van der Waals surface area contributed by atoms with Crippen LogP contribution in [-0.4, -0.2) is 11.5 Å². The van der Waals surface area contributed by atoms with Crippen LogP contribution in [0.15, 0.2) is 35.3 Å². The number of anilines is 1. The van der Waals surface area contributed by atoms with Crippen molar-refractivity contribution in [2.75, 3.05) is 5.32 Å². The Labute approximate surface area is 97.2 Å². The van der Waals surface area contributed by atoms with Gasteiger partial charge in [-0.25, -0.2) is 4.99 Å². The Morgan fingerprint density at radius 3 is 2.20 bits per heavy atom. The highest BCUT2D eigenvalue weighted by molar-refractivity contribution is 5.92. The molecule has 0 fully saturated rings. The third-order valence-corrected chi connectivity index (χ3v) is 1.50. The number of para-hydroxylation sites is 1. The molecule has 1 aromatic rings. The molecule has 0 saturated carbocycles. The monoisotopic (exact) mass is 227 g/mol. The van der Waals surface area contributed by atoms with E-state index in [0.29, 0.717) is 5.96 Å². The maximum atomic E-state index is 5.73. The fraction of sp³-hybridized carbons (Fsp3) is 0.364. The predicted octanol–water partition coefficient (Wildman–Crippen LogP) is 2.63. The second kappa shape index (κ2) is 5.61. The lowest BCUT2D eigenvalue weighted by Gasteiger charge is -2.14. The van der Waals surface area contributed by atoms with E-state index >= 15 is 0 Å². The maximum Gasteiger partial charge on any atom is 0.193 e. The van der Waals surface area contributed by atoms with Crippen molar-refractivity contribution in [3.8, 4) is 0 Å². The van der Waals surface area contributed by atoms with Crippen molar-refractivity contribution in [1.82, 2.24) is 0 Å². The van der Waals surface area contributed by atoms with E-state index in [4.69, 9.17) is 5.73 Å². The highest BCUT2D eigenvalue weighted by Crippen LogP contribution is 2.08. The van der Waals surface area contributed by atoms with Crippen LogP contribution in [0.4, 0.5) is 5.69 Å². The Hall–Kier alpha value is -1.22. The molecule has 0 saturated heterocycles. The number of nitrogens with zero attached hydrogens (tertiary/aromatic N) is 1. The summed E-state index contributed by atoms with van der Waals surface area (Å²) in [4.78, 5) is 4.29. The zero-order valence-electron chi connectivity index (χ0n) is 9.32. The van der Waals surface area contributed by atoms with Crippen LogP contribution in [-0.2, 0) is 0 Å². The van der Waals surface area contributed by atoms with Crippen LogP contribution in [0.5, 0.6) is 0 Å². The minimum atomic E-state index is -0.147. The molecular weight excluding hydrogens is 210 g/mol. The van der Waals surface area contributed by atoms with E-state index in [-0.39, 0.29) is 17.9 Å². The average Bonchev–Trinajstić information content (AvgIpc) is 2.02. The normalized spacial score (nSPS) is 11.8. The second-order valence-electron chi connectivity index (χ2n) is 4.16. The van der Waals surface area contributed by atoms with E-state index in [1.54, 1.807) is 0 Å². The van der Waals surface area contributed by atoms with Crippen LogP contribution < -0.4 is 11.1 Å². The molecule has 0 aromatic heterocycles. The van der Waals surface area contributed by atoms with Crippen molar-refractivity contribution in [2.24, 2.45) is 10.7 Å². The highest BCUT2D eigenvalue weighted by atomic mass is 35.5. The number of guanidine groups is 1. The Morgan fingerprint density at radius 2 is 1.73 bits per heavy atom. The minimum absolute atomic E-state index is 0. The number of nitrogens with one attached hydrogen (secondary N) is 1. The van der Waals surface area contributed by atoms with Crippen LogP contribution in [0.1, 0.15) is 20.8 Å². The highest BCUT2D eigenvalue weighted by Gasteiger charge is 2.07. The molecule has 0 atom stereocenters. The molecule has 3 N–H and O–H groups in total. The standard InChI is InChI=1S/C11H17N3.ClH/c1-11(2,3)14-10(12)13-9-7-5-4-6-8-9;/h4-8H,1-3H3,(H3,12,13,14);1H. The van der Waals surface area contributed by atoms with Gasteiger partial charge in [-0.2, -0.15) is 0 Å².